The van der Waals surface area contributed by atoms with E-state index in [0.29, 0.717) is 0 Å². The first-order valence-corrected chi connectivity index (χ1v) is 11.0. The molecule has 1 aliphatic heterocycles. The quantitative estimate of drug-likeness (QED) is 0.532. The summed E-state index contributed by atoms with van der Waals surface area (Å²) < 4.78 is 5.81. The van der Waals surface area contributed by atoms with Crippen molar-refractivity contribution >= 4 is 5.91 Å². The topological polar surface area (TPSA) is 32.8 Å². The van der Waals surface area contributed by atoms with Gasteiger partial charge in [0.15, 0.2) is 0 Å². The number of benzene rings is 2. The van der Waals surface area contributed by atoms with Crippen LogP contribution in [0.2, 0.25) is 0 Å². The van der Waals surface area contributed by atoms with Crippen LogP contribution in [-0.2, 0) is 6.54 Å². The first kappa shape index (κ1) is 21.4. The lowest BCUT2D eigenvalue weighted by Crippen LogP contribution is -2.48. The molecule has 0 unspecified atom stereocenters. The van der Waals surface area contributed by atoms with E-state index in [4.69, 9.17) is 4.74 Å². The standard InChI is InChI=1S/C25H34N2O2/c1-2-3-4-5-9-20-29-24-14-12-23(13-15-24)25(28)27-18-16-26(17-19-27)21-22-10-7-6-8-11-22/h6-8,10-15H,2-5,9,16-21H2,1H3. The van der Waals surface area contributed by atoms with Gasteiger partial charge < -0.3 is 9.64 Å². The van der Waals surface area contributed by atoms with E-state index in [0.717, 1.165) is 57.1 Å². The van der Waals surface area contributed by atoms with Gasteiger partial charge in [-0.3, -0.25) is 9.69 Å². The Hall–Kier alpha value is -2.33. The fraction of sp³-hybridized carbons (Fsp3) is 0.480. The van der Waals surface area contributed by atoms with E-state index in [9.17, 15) is 4.79 Å². The van der Waals surface area contributed by atoms with E-state index in [-0.39, 0.29) is 5.91 Å². The first-order chi connectivity index (χ1) is 14.3. The summed E-state index contributed by atoms with van der Waals surface area (Å²) in [5.74, 6) is 0.972. The maximum absolute atomic E-state index is 12.8. The number of hydrogen-bond acceptors (Lipinski definition) is 3. The molecule has 0 radical (unpaired) electrons. The summed E-state index contributed by atoms with van der Waals surface area (Å²) in [6, 6.07) is 18.2. The number of rotatable bonds is 10. The van der Waals surface area contributed by atoms with Crippen molar-refractivity contribution in [2.24, 2.45) is 0 Å². The monoisotopic (exact) mass is 394 g/mol. The third-order valence-corrected chi connectivity index (χ3v) is 5.53. The average molecular weight is 395 g/mol. The molecular formula is C25H34N2O2. The molecule has 156 valence electrons. The molecule has 0 bridgehead atoms. The molecule has 1 aliphatic rings. The van der Waals surface area contributed by atoms with Crippen molar-refractivity contribution in [1.29, 1.82) is 0 Å². The van der Waals surface area contributed by atoms with Gasteiger partial charge >= 0.3 is 0 Å². The van der Waals surface area contributed by atoms with Crippen molar-refractivity contribution in [2.45, 2.75) is 45.6 Å². The minimum Gasteiger partial charge on any atom is -0.494 e. The summed E-state index contributed by atoms with van der Waals surface area (Å²) in [6.45, 7) is 7.32. The lowest BCUT2D eigenvalue weighted by molar-refractivity contribution is 0.0628. The number of carbonyl (C=O) groups is 1. The fourth-order valence-corrected chi connectivity index (χ4v) is 3.72. The van der Waals surface area contributed by atoms with Crippen LogP contribution in [0.25, 0.3) is 0 Å². The predicted molar refractivity (Wildman–Crippen MR) is 118 cm³/mol. The summed E-state index contributed by atoms with van der Waals surface area (Å²) in [7, 11) is 0. The smallest absolute Gasteiger partial charge is 0.253 e. The third-order valence-electron chi connectivity index (χ3n) is 5.53. The van der Waals surface area contributed by atoms with E-state index in [2.05, 4.69) is 36.1 Å². The van der Waals surface area contributed by atoms with E-state index < -0.39 is 0 Å². The van der Waals surface area contributed by atoms with Gasteiger partial charge in [-0.05, 0) is 36.2 Å². The van der Waals surface area contributed by atoms with Crippen molar-refractivity contribution < 1.29 is 9.53 Å². The van der Waals surface area contributed by atoms with Crippen LogP contribution in [0.3, 0.4) is 0 Å². The fourth-order valence-electron chi connectivity index (χ4n) is 3.72. The lowest BCUT2D eigenvalue weighted by atomic mass is 10.1. The van der Waals surface area contributed by atoms with Crippen LogP contribution in [0, 0.1) is 0 Å². The van der Waals surface area contributed by atoms with Crippen molar-refractivity contribution in [2.75, 3.05) is 32.8 Å². The maximum Gasteiger partial charge on any atom is 0.253 e. The molecule has 0 N–H and O–H groups in total. The summed E-state index contributed by atoms with van der Waals surface area (Å²) in [5, 5.41) is 0. The molecule has 2 aromatic rings. The molecule has 0 spiro atoms. The van der Waals surface area contributed by atoms with Crippen molar-refractivity contribution in [3.05, 3.63) is 65.7 Å². The van der Waals surface area contributed by atoms with Gasteiger partial charge in [-0.15, -0.1) is 0 Å². The molecule has 0 saturated carbocycles. The second-order valence-corrected chi connectivity index (χ2v) is 7.84. The van der Waals surface area contributed by atoms with E-state index >= 15 is 0 Å². The molecule has 3 rings (SSSR count). The number of carbonyl (C=O) groups excluding carboxylic acids is 1. The molecule has 4 heteroatoms. The molecule has 0 atom stereocenters. The Kier molecular flexibility index (Phi) is 8.57. The second kappa shape index (κ2) is 11.6. The van der Waals surface area contributed by atoms with Crippen LogP contribution in [0.4, 0.5) is 0 Å². The van der Waals surface area contributed by atoms with Gasteiger partial charge in [0, 0.05) is 38.3 Å². The zero-order chi connectivity index (χ0) is 20.3. The number of unbranched alkanes of at least 4 members (excludes halogenated alkanes) is 4. The normalized spacial score (nSPS) is 14.7. The van der Waals surface area contributed by atoms with Crippen molar-refractivity contribution in [3.63, 3.8) is 0 Å². The first-order valence-electron chi connectivity index (χ1n) is 11.0. The van der Waals surface area contributed by atoms with E-state index in [1.807, 2.05) is 35.2 Å². The highest BCUT2D eigenvalue weighted by molar-refractivity contribution is 5.94. The van der Waals surface area contributed by atoms with Gasteiger partial charge in [0.25, 0.3) is 5.91 Å². The van der Waals surface area contributed by atoms with E-state index in [1.165, 1.54) is 31.2 Å². The van der Waals surface area contributed by atoms with Gasteiger partial charge in [-0.1, -0.05) is 62.9 Å². The molecule has 0 aliphatic carbocycles. The van der Waals surface area contributed by atoms with Crippen LogP contribution >= 0.6 is 0 Å². The van der Waals surface area contributed by atoms with Crippen LogP contribution in [0.5, 0.6) is 5.75 Å². The van der Waals surface area contributed by atoms with Gasteiger partial charge in [-0.2, -0.15) is 0 Å². The molecule has 1 fully saturated rings. The molecular weight excluding hydrogens is 360 g/mol. The Balaban J connectivity index is 1.40. The molecule has 29 heavy (non-hydrogen) atoms. The van der Waals surface area contributed by atoms with Gasteiger partial charge in [0.2, 0.25) is 0 Å². The van der Waals surface area contributed by atoms with Crippen LogP contribution in [0.15, 0.2) is 54.6 Å². The SMILES string of the molecule is CCCCCCCOc1ccc(C(=O)N2CCN(Cc3ccccc3)CC2)cc1. The number of ether oxygens (including phenoxy) is 1. The number of amides is 1. The van der Waals surface area contributed by atoms with Gasteiger partial charge in [0.05, 0.1) is 6.61 Å². The van der Waals surface area contributed by atoms with Crippen molar-refractivity contribution in [3.8, 4) is 5.75 Å². The minimum absolute atomic E-state index is 0.121. The molecule has 1 heterocycles. The second-order valence-electron chi connectivity index (χ2n) is 7.84. The van der Waals surface area contributed by atoms with E-state index in [1.54, 1.807) is 0 Å². The molecule has 0 aromatic heterocycles. The summed E-state index contributed by atoms with van der Waals surface area (Å²) in [4.78, 5) is 17.2. The Morgan fingerprint density at radius 1 is 0.862 bits per heavy atom. The summed E-state index contributed by atoms with van der Waals surface area (Å²) in [6.07, 6.45) is 6.16. The van der Waals surface area contributed by atoms with Gasteiger partial charge in [-0.25, -0.2) is 0 Å². The highest BCUT2D eigenvalue weighted by Gasteiger charge is 2.22. The zero-order valence-corrected chi connectivity index (χ0v) is 17.7. The molecule has 1 saturated heterocycles. The molecule has 1 amide bonds. The van der Waals surface area contributed by atoms with Crippen LogP contribution in [-0.4, -0.2) is 48.5 Å². The third kappa shape index (κ3) is 6.90. The van der Waals surface area contributed by atoms with Crippen LogP contribution in [0.1, 0.15) is 54.9 Å². The largest absolute Gasteiger partial charge is 0.494 e. The predicted octanol–water partition coefficient (Wildman–Crippen LogP) is 4.99. The minimum atomic E-state index is 0.121. The number of piperazine rings is 1. The Labute approximate surface area is 175 Å². The lowest BCUT2D eigenvalue weighted by Gasteiger charge is -2.34. The molecule has 2 aromatic carbocycles. The maximum atomic E-state index is 12.8. The molecule has 4 nitrogen and oxygen atoms in total. The number of hydrogen-bond donors (Lipinski definition) is 0. The summed E-state index contributed by atoms with van der Waals surface area (Å²) >= 11 is 0. The highest BCUT2D eigenvalue weighted by Crippen LogP contribution is 2.16. The average Bonchev–Trinajstić information content (AvgIpc) is 2.77. The van der Waals surface area contributed by atoms with Gasteiger partial charge in [0.1, 0.15) is 5.75 Å². The highest BCUT2D eigenvalue weighted by atomic mass is 16.5. The van der Waals surface area contributed by atoms with Crippen molar-refractivity contribution in [1.82, 2.24) is 9.80 Å². The summed E-state index contributed by atoms with van der Waals surface area (Å²) in [5.41, 5.74) is 2.07. The zero-order valence-electron chi connectivity index (χ0n) is 17.7. The Bertz CT molecular complexity index is 722. The number of nitrogens with zero attached hydrogens (tertiary/aromatic N) is 2. The Morgan fingerprint density at radius 2 is 1.55 bits per heavy atom. The van der Waals surface area contributed by atoms with Crippen LogP contribution < -0.4 is 4.74 Å². The Morgan fingerprint density at radius 3 is 2.24 bits per heavy atom.